The molecule has 0 fully saturated rings. The van der Waals surface area contributed by atoms with Crippen molar-refractivity contribution >= 4 is 112 Å². The van der Waals surface area contributed by atoms with Gasteiger partial charge in [0.25, 0.3) is 0 Å². The summed E-state index contributed by atoms with van der Waals surface area (Å²) in [5, 5.41) is 53.7. The normalized spacial score (nSPS) is 15.2. The second kappa shape index (κ2) is 54.8. The maximum atomic E-state index is 14.8. The number of carbonyl (C=O) groups excluding carboxylic acids is 17. The Morgan fingerprint density at radius 2 is 0.757 bits per heavy atom. The SMILES string of the molecule is CC[C@H](C)[C@H](NC(=O)[C@H](CO)NC(=O)[C@H](CC(N)=O)NC(=O)[C@H](CC(C)C)NC(=O)[C@H](Cc1ccc(O)cc1)NC(=O)[C@H](CCCCN)NC(=O)[C@H](CCCCN)NC(=O)[C@@H](NC(=O)[C@H](C)NC(=O)[C@H](CCSC)NC(=O)[C@H](CCC(N)=O)NC(=O)[C@@H](N)CCCCN)C(C)C)C(=O)N[C@@H](CC(C)C)C(=O)N[C@@H](CC(N)=O)C(N)=O. The summed E-state index contributed by atoms with van der Waals surface area (Å²) in [5.74, 6) is -17.9. The molecule has 1 rings (SSSR count). The minimum Gasteiger partial charge on any atom is -0.508 e. The van der Waals surface area contributed by atoms with Crippen LogP contribution in [0.15, 0.2) is 24.3 Å². The van der Waals surface area contributed by atoms with E-state index in [1.54, 1.807) is 61.6 Å². The Balaban J connectivity index is 3.70. The van der Waals surface area contributed by atoms with Crippen LogP contribution in [-0.4, -0.2) is 233 Å². The molecule has 15 atom stereocenters. The number of hydrogen-bond acceptors (Lipinski definition) is 24. The number of hydrogen-bond donors (Lipinski definition) is 23. The molecule has 0 saturated carbocycles. The van der Waals surface area contributed by atoms with Crippen LogP contribution in [0.5, 0.6) is 5.75 Å². The van der Waals surface area contributed by atoms with Crippen molar-refractivity contribution in [1.29, 1.82) is 0 Å². The second-order valence-corrected chi connectivity index (χ2v) is 30.7. The van der Waals surface area contributed by atoms with E-state index in [1.165, 1.54) is 43.0 Å². The van der Waals surface area contributed by atoms with Gasteiger partial charge in [0.2, 0.25) is 100 Å². The van der Waals surface area contributed by atoms with Crippen LogP contribution < -0.4 is 115 Å². The molecule has 0 aliphatic heterocycles. The molecule has 0 saturated heterocycles. The molecule has 0 unspecified atom stereocenters. The third-order valence-corrected chi connectivity index (χ3v) is 19.1. The van der Waals surface area contributed by atoms with Crippen molar-refractivity contribution in [2.24, 2.45) is 69.5 Å². The fourth-order valence-corrected chi connectivity index (χ4v) is 12.1. The Labute approximate surface area is 676 Å². The Morgan fingerprint density at radius 3 is 1.21 bits per heavy atom. The van der Waals surface area contributed by atoms with Crippen LogP contribution in [0.3, 0.4) is 0 Å². The Hall–Kier alpha value is -9.84. The molecule has 0 radical (unpaired) electrons. The van der Waals surface area contributed by atoms with Crippen molar-refractivity contribution in [2.75, 3.05) is 38.2 Å². The van der Waals surface area contributed by atoms with Crippen molar-refractivity contribution in [2.45, 2.75) is 262 Å². The van der Waals surface area contributed by atoms with Gasteiger partial charge in [0.05, 0.1) is 25.5 Å². The molecule has 115 heavy (non-hydrogen) atoms. The maximum absolute atomic E-state index is 14.8. The van der Waals surface area contributed by atoms with Crippen LogP contribution >= 0.6 is 11.8 Å². The molecule has 1 aromatic rings. The monoisotopic (exact) mass is 1650 g/mol. The number of aliphatic hydroxyl groups is 1. The Morgan fingerprint density at radius 1 is 0.391 bits per heavy atom. The zero-order valence-electron chi connectivity index (χ0n) is 67.8. The van der Waals surface area contributed by atoms with Crippen molar-refractivity contribution in [3.63, 3.8) is 0 Å². The van der Waals surface area contributed by atoms with Crippen molar-refractivity contribution in [3.05, 3.63) is 29.8 Å². The van der Waals surface area contributed by atoms with Crippen LogP contribution in [0, 0.1) is 23.7 Å². The number of unbranched alkanes of at least 4 members (excludes halogenated alkanes) is 3. The van der Waals surface area contributed by atoms with Crippen LogP contribution in [0.2, 0.25) is 0 Å². The van der Waals surface area contributed by atoms with Gasteiger partial charge >= 0.3 is 0 Å². The van der Waals surface area contributed by atoms with E-state index in [2.05, 4.69) is 69.1 Å². The molecule has 0 spiro atoms. The van der Waals surface area contributed by atoms with Gasteiger partial charge in [-0.1, -0.05) is 80.4 Å². The van der Waals surface area contributed by atoms with Gasteiger partial charge < -0.3 is 125 Å². The predicted octanol–water partition coefficient (Wildman–Crippen LogP) is -5.99. The van der Waals surface area contributed by atoms with E-state index in [-0.39, 0.29) is 102 Å². The van der Waals surface area contributed by atoms with E-state index in [0.29, 0.717) is 43.5 Å². The maximum Gasteiger partial charge on any atom is 0.245 e. The largest absolute Gasteiger partial charge is 0.508 e. The van der Waals surface area contributed by atoms with Crippen molar-refractivity contribution in [3.8, 4) is 5.75 Å². The lowest BCUT2D eigenvalue weighted by Crippen LogP contribution is -2.62. The third kappa shape index (κ3) is 40.3. The minimum atomic E-state index is -1.90. The summed E-state index contributed by atoms with van der Waals surface area (Å²) in [6.07, 6.45) is 1.95. The average molecular weight is 1650 g/mol. The highest BCUT2D eigenvalue weighted by atomic mass is 32.2. The average Bonchev–Trinajstić information content (AvgIpc) is 0.851. The number of nitrogens with two attached hydrogens (primary N) is 8. The summed E-state index contributed by atoms with van der Waals surface area (Å²) >= 11 is 1.35. The van der Waals surface area contributed by atoms with E-state index in [9.17, 15) is 91.7 Å². The fourth-order valence-electron chi connectivity index (χ4n) is 11.6. The van der Waals surface area contributed by atoms with E-state index in [1.807, 2.05) is 0 Å². The molecule has 0 aromatic heterocycles. The molecule has 40 nitrogen and oxygen atoms in total. The second-order valence-electron chi connectivity index (χ2n) is 29.7. The Bertz CT molecular complexity index is 3370. The topological polar surface area (TPSA) is 695 Å². The zero-order chi connectivity index (χ0) is 87.4. The number of aromatic hydroxyl groups is 1. The molecular formula is C74H129N21O19S. The van der Waals surface area contributed by atoms with Crippen LogP contribution in [0.25, 0.3) is 0 Å². The van der Waals surface area contributed by atoms with E-state index in [4.69, 9.17) is 45.9 Å². The summed E-state index contributed by atoms with van der Waals surface area (Å²) in [5.41, 5.74) is 45.3. The van der Waals surface area contributed by atoms with Gasteiger partial charge in [-0.25, -0.2) is 0 Å². The van der Waals surface area contributed by atoms with Crippen molar-refractivity contribution in [1.82, 2.24) is 69.1 Å². The number of benzene rings is 1. The summed E-state index contributed by atoms with van der Waals surface area (Å²) in [4.78, 5) is 232. The molecule has 0 bridgehead atoms. The number of primary amides is 4. The molecule has 0 aliphatic carbocycles. The fraction of sp³-hybridized carbons (Fsp3) is 0.689. The number of amides is 17. The minimum absolute atomic E-state index is 0.00712. The molecule has 31 N–H and O–H groups in total. The molecule has 17 amide bonds. The van der Waals surface area contributed by atoms with E-state index in [0.717, 1.165) is 0 Å². The first-order valence-electron chi connectivity index (χ1n) is 38.9. The van der Waals surface area contributed by atoms with Crippen molar-refractivity contribution < 1.29 is 91.7 Å². The predicted molar refractivity (Wildman–Crippen MR) is 428 cm³/mol. The number of carbonyl (C=O) groups is 17. The summed E-state index contributed by atoms with van der Waals surface area (Å²) in [6.45, 7) is 14.2. The Kier molecular flexibility index (Phi) is 49.2. The van der Waals surface area contributed by atoms with Crippen LogP contribution in [0.4, 0.5) is 0 Å². The molecule has 41 heteroatoms. The standard InChI is InChI=1S/C74H129N21O19S/c1-11-41(8)60(74(114)92-52(33-39(4)5)68(108)88-50(61(82)101)35-57(80)99)95-72(112)55(37-96)93-71(111)54(36-58(81)100)91-69(109)51(32-38(2)3)89-70(110)53(34-43-21-23-44(97)24-22-43)90-66(106)46(19-13-16-29-76)85-65(105)47(20-14-17-30-77)87-73(113)59(40(6)7)94-62(102)42(9)83-64(104)49(27-31-115-10)86-67(107)48(25-26-56(79)98)84-63(103)45(78)18-12-15-28-75/h21-24,38-42,45-55,59-60,96-97H,11-20,25-37,75-78H2,1-10H3,(H2,79,98)(H2,80,99)(H2,81,100)(H2,82,101)(H,83,104)(H,84,103)(H,85,105)(H,86,107)(H,87,113)(H,88,108)(H,89,110)(H,90,106)(H,91,109)(H,92,114)(H,93,111)(H,94,102)(H,95,112)/t41-,42-,45-,46-,47-,48-,49-,50-,51-,52-,53-,54-,55-,59-,60-/m0/s1. The number of rotatable bonds is 59. The van der Waals surface area contributed by atoms with Gasteiger partial charge in [-0.3, -0.25) is 81.5 Å². The quantitative estimate of drug-likeness (QED) is 0.0270. The van der Waals surface area contributed by atoms with Gasteiger partial charge in [0, 0.05) is 12.8 Å². The number of phenols is 1. The molecular weight excluding hydrogens is 1520 g/mol. The number of thioether (sulfide) groups is 1. The molecule has 0 aliphatic rings. The highest BCUT2D eigenvalue weighted by Gasteiger charge is 2.39. The third-order valence-electron chi connectivity index (χ3n) is 18.4. The van der Waals surface area contributed by atoms with Gasteiger partial charge in [0.1, 0.15) is 84.3 Å². The van der Waals surface area contributed by atoms with Gasteiger partial charge in [0.15, 0.2) is 0 Å². The van der Waals surface area contributed by atoms with Gasteiger partial charge in [-0.2, -0.15) is 11.8 Å². The summed E-state index contributed by atoms with van der Waals surface area (Å²) in [7, 11) is 0. The lowest BCUT2D eigenvalue weighted by molar-refractivity contribution is -0.137. The highest BCUT2D eigenvalue weighted by Crippen LogP contribution is 2.18. The molecule has 650 valence electrons. The number of nitrogens with one attached hydrogen (secondary N) is 13. The molecule has 1 aromatic carbocycles. The van der Waals surface area contributed by atoms with E-state index >= 15 is 0 Å². The van der Waals surface area contributed by atoms with E-state index < -0.39 is 222 Å². The summed E-state index contributed by atoms with van der Waals surface area (Å²) < 4.78 is 0. The van der Waals surface area contributed by atoms with Crippen LogP contribution in [0.1, 0.15) is 177 Å². The lowest BCUT2D eigenvalue weighted by Gasteiger charge is -2.29. The number of aliphatic hydroxyl groups excluding tert-OH is 1. The first-order valence-corrected chi connectivity index (χ1v) is 40.3. The molecule has 0 heterocycles. The number of phenolic OH excluding ortho intramolecular Hbond substituents is 1. The van der Waals surface area contributed by atoms with Crippen LogP contribution in [-0.2, 0) is 87.9 Å². The lowest BCUT2D eigenvalue weighted by atomic mass is 9.96. The van der Waals surface area contributed by atoms with Gasteiger partial charge in [-0.05, 0) is 157 Å². The summed E-state index contributed by atoms with van der Waals surface area (Å²) in [6, 6.07) is -15.0. The first kappa shape index (κ1) is 103. The smallest absolute Gasteiger partial charge is 0.245 e. The van der Waals surface area contributed by atoms with Gasteiger partial charge in [-0.15, -0.1) is 0 Å². The highest BCUT2D eigenvalue weighted by molar-refractivity contribution is 7.98. The first-order chi connectivity index (χ1) is 54.1. The zero-order valence-corrected chi connectivity index (χ0v) is 68.6.